The van der Waals surface area contributed by atoms with Crippen LogP contribution in [0.5, 0.6) is 0 Å². The minimum absolute atomic E-state index is 0.00170. The molecule has 0 aliphatic carbocycles. The molecule has 0 amide bonds. The summed E-state index contributed by atoms with van der Waals surface area (Å²) in [5.74, 6) is 1.05. The van der Waals surface area contributed by atoms with Gasteiger partial charge in [-0.15, -0.1) is 11.6 Å². The number of rotatable bonds is 6. The number of nitrogens with one attached hydrogen (secondary N) is 1. The van der Waals surface area contributed by atoms with Crippen molar-refractivity contribution in [1.29, 1.82) is 0 Å². The number of anilines is 2. The summed E-state index contributed by atoms with van der Waals surface area (Å²) in [7, 11) is -3.39. The number of sulfonamides is 1. The lowest BCUT2D eigenvalue weighted by atomic mass is 10.3. The van der Waals surface area contributed by atoms with Gasteiger partial charge in [0.1, 0.15) is 5.82 Å². The Morgan fingerprint density at radius 1 is 1.43 bits per heavy atom. The highest BCUT2D eigenvalue weighted by molar-refractivity contribution is 7.92. The standard InChI is InChI=1S/C13H20ClN3O3S/c1-11(8-14)10-21(18,19)16-12-2-3-13(15-9-12)17-4-6-20-7-5-17/h2-3,9,11,16H,4-8,10H2,1H3. The van der Waals surface area contributed by atoms with E-state index < -0.39 is 10.0 Å². The number of hydrogen-bond acceptors (Lipinski definition) is 5. The lowest BCUT2D eigenvalue weighted by molar-refractivity contribution is 0.122. The lowest BCUT2D eigenvalue weighted by Crippen LogP contribution is -2.36. The van der Waals surface area contributed by atoms with Crippen LogP contribution in [0.4, 0.5) is 11.5 Å². The molecule has 1 aromatic heterocycles. The average Bonchev–Trinajstić information content (AvgIpc) is 2.48. The van der Waals surface area contributed by atoms with E-state index in [2.05, 4.69) is 14.6 Å². The molecule has 8 heteroatoms. The van der Waals surface area contributed by atoms with Crippen LogP contribution in [-0.2, 0) is 14.8 Å². The van der Waals surface area contributed by atoms with Gasteiger partial charge in [-0.25, -0.2) is 13.4 Å². The number of nitrogens with zero attached hydrogens (tertiary/aromatic N) is 2. The molecule has 1 N–H and O–H groups in total. The zero-order valence-electron chi connectivity index (χ0n) is 12.0. The van der Waals surface area contributed by atoms with Gasteiger partial charge in [-0.2, -0.15) is 0 Å². The Bertz CT molecular complexity index is 544. The van der Waals surface area contributed by atoms with E-state index in [0.29, 0.717) is 24.8 Å². The first-order valence-corrected chi connectivity index (χ1v) is 9.04. The van der Waals surface area contributed by atoms with Crippen molar-refractivity contribution in [2.45, 2.75) is 6.92 Å². The van der Waals surface area contributed by atoms with Crippen molar-refractivity contribution in [3.8, 4) is 0 Å². The smallest absolute Gasteiger partial charge is 0.233 e. The molecule has 6 nitrogen and oxygen atoms in total. The summed E-state index contributed by atoms with van der Waals surface area (Å²) < 4.78 is 31.7. The molecule has 1 aliphatic rings. The Hall–Kier alpha value is -1.05. The fraction of sp³-hybridized carbons (Fsp3) is 0.615. The Kier molecular flexibility index (Phi) is 5.66. The minimum Gasteiger partial charge on any atom is -0.378 e. The molecule has 0 aromatic carbocycles. The van der Waals surface area contributed by atoms with Crippen molar-refractivity contribution in [3.05, 3.63) is 18.3 Å². The van der Waals surface area contributed by atoms with E-state index in [4.69, 9.17) is 16.3 Å². The summed E-state index contributed by atoms with van der Waals surface area (Å²) in [4.78, 5) is 6.41. The largest absolute Gasteiger partial charge is 0.378 e. The predicted molar refractivity (Wildman–Crippen MR) is 84.6 cm³/mol. The average molecular weight is 334 g/mol. The molecule has 0 spiro atoms. The van der Waals surface area contributed by atoms with E-state index in [1.54, 1.807) is 13.0 Å². The van der Waals surface area contributed by atoms with Crippen molar-refractivity contribution in [1.82, 2.24) is 4.98 Å². The first kappa shape index (κ1) is 16.3. The van der Waals surface area contributed by atoms with Crippen LogP contribution >= 0.6 is 11.6 Å². The highest BCUT2D eigenvalue weighted by Crippen LogP contribution is 2.17. The van der Waals surface area contributed by atoms with Crippen LogP contribution in [0.3, 0.4) is 0 Å². The molecular formula is C13H20ClN3O3S. The van der Waals surface area contributed by atoms with Gasteiger partial charge >= 0.3 is 0 Å². The third-order valence-electron chi connectivity index (χ3n) is 3.12. The summed E-state index contributed by atoms with van der Waals surface area (Å²) in [6, 6.07) is 3.54. The van der Waals surface area contributed by atoms with Gasteiger partial charge in [-0.3, -0.25) is 4.72 Å². The summed E-state index contributed by atoms with van der Waals surface area (Å²) >= 11 is 5.65. The topological polar surface area (TPSA) is 71.5 Å². The SMILES string of the molecule is CC(CCl)CS(=O)(=O)Nc1ccc(N2CCOCC2)nc1. The first-order valence-electron chi connectivity index (χ1n) is 6.85. The van der Waals surface area contributed by atoms with Crippen LogP contribution < -0.4 is 9.62 Å². The maximum atomic E-state index is 11.9. The molecule has 118 valence electrons. The number of pyridine rings is 1. The Labute approximate surface area is 130 Å². The van der Waals surface area contributed by atoms with Gasteiger partial charge in [0.15, 0.2) is 0 Å². The predicted octanol–water partition coefficient (Wildman–Crippen LogP) is 1.53. The van der Waals surface area contributed by atoms with Crippen LogP contribution in [0.15, 0.2) is 18.3 Å². The minimum atomic E-state index is -3.39. The molecule has 1 saturated heterocycles. The Morgan fingerprint density at radius 2 is 2.14 bits per heavy atom. The second-order valence-corrected chi connectivity index (χ2v) is 7.22. The van der Waals surface area contributed by atoms with E-state index >= 15 is 0 Å². The van der Waals surface area contributed by atoms with E-state index in [1.165, 1.54) is 6.20 Å². The summed E-state index contributed by atoms with van der Waals surface area (Å²) in [6.45, 7) is 4.77. The molecule has 0 saturated carbocycles. The molecule has 2 heterocycles. The van der Waals surface area contributed by atoms with Gasteiger partial charge in [0.25, 0.3) is 0 Å². The molecule has 21 heavy (non-hydrogen) atoms. The normalized spacial score (nSPS) is 17.5. The molecule has 1 fully saturated rings. The number of ether oxygens (including phenoxy) is 1. The van der Waals surface area contributed by atoms with Crippen molar-refractivity contribution in [2.24, 2.45) is 5.92 Å². The van der Waals surface area contributed by atoms with Crippen LogP contribution in [0, 0.1) is 5.92 Å². The number of halogens is 1. The maximum Gasteiger partial charge on any atom is 0.233 e. The monoisotopic (exact) mass is 333 g/mol. The van der Waals surface area contributed by atoms with Gasteiger partial charge in [-0.05, 0) is 18.1 Å². The second-order valence-electron chi connectivity index (χ2n) is 5.15. The van der Waals surface area contributed by atoms with Gasteiger partial charge < -0.3 is 9.64 Å². The van der Waals surface area contributed by atoms with Gasteiger partial charge in [0, 0.05) is 19.0 Å². The first-order chi connectivity index (χ1) is 10.00. The van der Waals surface area contributed by atoms with E-state index in [9.17, 15) is 8.42 Å². The maximum absolute atomic E-state index is 11.9. The third kappa shape index (κ3) is 5.01. The molecule has 1 atom stereocenters. The second kappa shape index (κ2) is 7.29. The van der Waals surface area contributed by atoms with Crippen molar-refractivity contribution in [3.63, 3.8) is 0 Å². The Balaban J connectivity index is 1.98. The number of hydrogen-bond donors (Lipinski definition) is 1. The van der Waals surface area contributed by atoms with Crippen LogP contribution in [0.25, 0.3) is 0 Å². The molecule has 0 radical (unpaired) electrons. The number of morpholine rings is 1. The van der Waals surface area contributed by atoms with Gasteiger partial charge in [0.05, 0.1) is 30.9 Å². The van der Waals surface area contributed by atoms with Crippen LogP contribution in [0.2, 0.25) is 0 Å². The van der Waals surface area contributed by atoms with E-state index in [1.807, 2.05) is 6.07 Å². The molecule has 1 unspecified atom stereocenters. The Morgan fingerprint density at radius 3 is 2.71 bits per heavy atom. The number of aromatic nitrogens is 1. The van der Waals surface area contributed by atoms with Crippen LogP contribution in [0.1, 0.15) is 6.92 Å². The van der Waals surface area contributed by atoms with E-state index in [-0.39, 0.29) is 11.7 Å². The van der Waals surface area contributed by atoms with Crippen molar-refractivity contribution >= 4 is 33.1 Å². The van der Waals surface area contributed by atoms with E-state index in [0.717, 1.165) is 18.9 Å². The lowest BCUT2D eigenvalue weighted by Gasteiger charge is -2.27. The van der Waals surface area contributed by atoms with Crippen molar-refractivity contribution in [2.75, 3.05) is 47.6 Å². The zero-order valence-corrected chi connectivity index (χ0v) is 13.5. The fourth-order valence-electron chi connectivity index (χ4n) is 2.07. The summed E-state index contributed by atoms with van der Waals surface area (Å²) in [5.41, 5.74) is 0.466. The summed E-state index contributed by atoms with van der Waals surface area (Å²) in [5, 5.41) is 0. The number of alkyl halides is 1. The third-order valence-corrected chi connectivity index (χ3v) is 5.21. The van der Waals surface area contributed by atoms with Crippen molar-refractivity contribution < 1.29 is 13.2 Å². The molecule has 0 bridgehead atoms. The van der Waals surface area contributed by atoms with Gasteiger partial charge in [0.2, 0.25) is 10.0 Å². The zero-order chi connectivity index (χ0) is 15.3. The summed E-state index contributed by atoms with van der Waals surface area (Å²) in [6.07, 6.45) is 1.54. The quantitative estimate of drug-likeness (QED) is 0.799. The molecule has 1 aliphatic heterocycles. The molecule has 2 rings (SSSR count). The molecule has 1 aromatic rings. The highest BCUT2D eigenvalue weighted by Gasteiger charge is 2.16. The van der Waals surface area contributed by atoms with Gasteiger partial charge in [-0.1, -0.05) is 6.92 Å². The fourth-order valence-corrected chi connectivity index (χ4v) is 3.73. The van der Waals surface area contributed by atoms with Crippen LogP contribution in [-0.4, -0.2) is 51.3 Å². The highest BCUT2D eigenvalue weighted by atomic mass is 35.5. The molecular weight excluding hydrogens is 314 g/mol.